The van der Waals surface area contributed by atoms with E-state index in [0.717, 1.165) is 5.69 Å². The summed E-state index contributed by atoms with van der Waals surface area (Å²) in [6, 6.07) is 5.28. The number of imidazole rings is 1. The number of aromatic amines is 2. The second-order valence-electron chi connectivity index (χ2n) is 4.77. The molecule has 8 heteroatoms. The zero-order valence-corrected chi connectivity index (χ0v) is 12.1. The highest BCUT2D eigenvalue weighted by atomic mass is 16.2. The van der Waals surface area contributed by atoms with E-state index >= 15 is 0 Å². The van der Waals surface area contributed by atoms with Crippen molar-refractivity contribution >= 4 is 5.91 Å². The van der Waals surface area contributed by atoms with Crippen molar-refractivity contribution in [2.75, 3.05) is 6.54 Å². The molecular formula is C15H14N6O2. The number of amides is 1. The lowest BCUT2D eigenvalue weighted by molar-refractivity contribution is 0.0952. The van der Waals surface area contributed by atoms with Crippen molar-refractivity contribution in [2.45, 2.75) is 6.42 Å². The van der Waals surface area contributed by atoms with E-state index in [1.54, 1.807) is 36.9 Å². The minimum atomic E-state index is -0.500. The van der Waals surface area contributed by atoms with Crippen molar-refractivity contribution in [3.8, 4) is 11.5 Å². The van der Waals surface area contributed by atoms with Crippen LogP contribution in [0.1, 0.15) is 16.1 Å². The van der Waals surface area contributed by atoms with Crippen molar-refractivity contribution in [3.05, 3.63) is 64.7 Å². The third kappa shape index (κ3) is 3.49. The molecule has 0 aliphatic heterocycles. The maximum absolute atomic E-state index is 12.0. The van der Waals surface area contributed by atoms with Gasteiger partial charge in [-0.15, -0.1) is 0 Å². The molecule has 8 nitrogen and oxygen atoms in total. The van der Waals surface area contributed by atoms with Gasteiger partial charge in [0.25, 0.3) is 11.5 Å². The first-order chi connectivity index (χ1) is 11.2. The molecule has 1 amide bonds. The molecule has 3 N–H and O–H groups in total. The highest BCUT2D eigenvalue weighted by molar-refractivity contribution is 5.93. The van der Waals surface area contributed by atoms with Gasteiger partial charge >= 0.3 is 0 Å². The first-order valence-electron chi connectivity index (χ1n) is 7.00. The number of carbonyl (C=O) groups excluding carboxylic acids is 1. The van der Waals surface area contributed by atoms with Crippen molar-refractivity contribution in [2.24, 2.45) is 0 Å². The van der Waals surface area contributed by atoms with Crippen LogP contribution in [-0.2, 0) is 6.42 Å². The number of aromatic nitrogens is 5. The summed E-state index contributed by atoms with van der Waals surface area (Å²) in [4.78, 5) is 41.7. The minimum Gasteiger partial charge on any atom is -0.351 e. The Hall–Kier alpha value is -3.29. The smallest absolute Gasteiger partial charge is 0.264 e. The zero-order valence-electron chi connectivity index (χ0n) is 12.1. The summed E-state index contributed by atoms with van der Waals surface area (Å²) >= 11 is 0. The van der Waals surface area contributed by atoms with Gasteiger partial charge in [0.1, 0.15) is 11.3 Å². The van der Waals surface area contributed by atoms with Gasteiger partial charge in [-0.3, -0.25) is 14.6 Å². The van der Waals surface area contributed by atoms with Gasteiger partial charge < -0.3 is 15.3 Å². The lowest BCUT2D eigenvalue weighted by Gasteiger charge is -2.04. The molecule has 0 aromatic carbocycles. The van der Waals surface area contributed by atoms with E-state index in [9.17, 15) is 9.59 Å². The predicted molar refractivity (Wildman–Crippen MR) is 82.7 cm³/mol. The Morgan fingerprint density at radius 2 is 2.13 bits per heavy atom. The second-order valence-corrected chi connectivity index (χ2v) is 4.77. The summed E-state index contributed by atoms with van der Waals surface area (Å²) in [6.45, 7) is 0.391. The van der Waals surface area contributed by atoms with Gasteiger partial charge in [0.05, 0.1) is 6.33 Å². The average Bonchev–Trinajstić information content (AvgIpc) is 3.09. The van der Waals surface area contributed by atoms with E-state index < -0.39 is 11.5 Å². The molecule has 0 saturated carbocycles. The standard InChI is InChI=1S/C15H14N6O2/c22-14(18-6-4-10-7-16-9-20-10)11-8-19-13(21-15(11)23)12-3-1-2-5-17-12/h1-3,5,7-9H,4,6H2,(H,16,20)(H,18,22)(H,19,21,23). The minimum absolute atomic E-state index is 0.0331. The summed E-state index contributed by atoms with van der Waals surface area (Å²) in [5, 5.41) is 2.67. The Kier molecular flexibility index (Phi) is 4.23. The number of rotatable bonds is 5. The van der Waals surface area contributed by atoms with Crippen LogP contribution in [0.4, 0.5) is 0 Å². The van der Waals surface area contributed by atoms with Gasteiger partial charge in [-0.25, -0.2) is 9.97 Å². The van der Waals surface area contributed by atoms with E-state index in [-0.39, 0.29) is 5.56 Å². The number of nitrogens with zero attached hydrogens (tertiary/aromatic N) is 3. The summed E-state index contributed by atoms with van der Waals surface area (Å²) in [6.07, 6.45) is 6.72. The Labute approximate surface area is 131 Å². The van der Waals surface area contributed by atoms with Gasteiger partial charge in [0.2, 0.25) is 0 Å². The molecule has 0 fully saturated rings. The molecule has 3 aromatic rings. The fourth-order valence-electron chi connectivity index (χ4n) is 2.02. The third-order valence-corrected chi connectivity index (χ3v) is 3.19. The lowest BCUT2D eigenvalue weighted by Crippen LogP contribution is -2.31. The number of carbonyl (C=O) groups is 1. The number of hydrogen-bond donors (Lipinski definition) is 3. The Morgan fingerprint density at radius 3 is 2.83 bits per heavy atom. The normalized spacial score (nSPS) is 10.4. The summed E-state index contributed by atoms with van der Waals surface area (Å²) < 4.78 is 0. The maximum Gasteiger partial charge on any atom is 0.264 e. The number of pyridine rings is 1. The fraction of sp³-hybridized carbons (Fsp3) is 0.133. The van der Waals surface area contributed by atoms with Crippen LogP contribution in [0.5, 0.6) is 0 Å². The quantitative estimate of drug-likeness (QED) is 0.635. The van der Waals surface area contributed by atoms with Gasteiger partial charge in [-0.1, -0.05) is 6.07 Å². The molecule has 0 radical (unpaired) electrons. The Morgan fingerprint density at radius 1 is 1.22 bits per heavy atom. The van der Waals surface area contributed by atoms with Crippen LogP contribution in [0.3, 0.4) is 0 Å². The highest BCUT2D eigenvalue weighted by Gasteiger charge is 2.12. The highest BCUT2D eigenvalue weighted by Crippen LogP contribution is 2.07. The Bertz CT molecular complexity index is 842. The van der Waals surface area contributed by atoms with Crippen molar-refractivity contribution in [1.82, 2.24) is 30.2 Å². The first-order valence-corrected chi connectivity index (χ1v) is 7.00. The molecule has 3 rings (SSSR count). The maximum atomic E-state index is 12.0. The fourth-order valence-corrected chi connectivity index (χ4v) is 2.02. The van der Waals surface area contributed by atoms with Crippen LogP contribution in [0.25, 0.3) is 11.5 Å². The molecule has 0 atom stereocenters. The molecule has 0 saturated heterocycles. The van der Waals surface area contributed by atoms with Crippen LogP contribution >= 0.6 is 0 Å². The lowest BCUT2D eigenvalue weighted by atomic mass is 10.2. The van der Waals surface area contributed by atoms with Crippen LogP contribution in [0.2, 0.25) is 0 Å². The van der Waals surface area contributed by atoms with E-state index in [4.69, 9.17) is 0 Å². The van der Waals surface area contributed by atoms with Gasteiger partial charge in [-0.05, 0) is 12.1 Å². The van der Waals surface area contributed by atoms with Crippen LogP contribution in [-0.4, -0.2) is 37.4 Å². The molecular weight excluding hydrogens is 296 g/mol. The summed E-state index contributed by atoms with van der Waals surface area (Å²) in [5.74, 6) is -0.143. The molecule has 3 aromatic heterocycles. The van der Waals surface area contributed by atoms with Crippen molar-refractivity contribution < 1.29 is 4.79 Å². The van der Waals surface area contributed by atoms with E-state index in [0.29, 0.717) is 24.5 Å². The number of H-pyrrole nitrogens is 2. The summed E-state index contributed by atoms with van der Waals surface area (Å²) in [5.41, 5.74) is 0.910. The topological polar surface area (TPSA) is 116 Å². The Balaban J connectivity index is 1.68. The zero-order chi connectivity index (χ0) is 16.1. The van der Waals surface area contributed by atoms with E-state index in [2.05, 4.69) is 30.2 Å². The monoisotopic (exact) mass is 310 g/mol. The van der Waals surface area contributed by atoms with Gasteiger partial charge in [0, 0.05) is 37.3 Å². The summed E-state index contributed by atoms with van der Waals surface area (Å²) in [7, 11) is 0. The van der Waals surface area contributed by atoms with Crippen LogP contribution in [0.15, 0.2) is 47.9 Å². The van der Waals surface area contributed by atoms with Gasteiger partial charge in [0.15, 0.2) is 5.82 Å². The third-order valence-electron chi connectivity index (χ3n) is 3.19. The van der Waals surface area contributed by atoms with Crippen LogP contribution < -0.4 is 10.9 Å². The number of nitrogens with one attached hydrogen (secondary N) is 3. The second kappa shape index (κ2) is 6.65. The molecule has 0 bridgehead atoms. The SMILES string of the molecule is O=C(NCCc1cnc[nH]1)c1cnc(-c2ccccn2)[nH]c1=O. The molecule has 0 spiro atoms. The van der Waals surface area contributed by atoms with E-state index in [1.807, 2.05) is 0 Å². The molecule has 0 aliphatic carbocycles. The molecule has 0 unspecified atom stereocenters. The molecule has 23 heavy (non-hydrogen) atoms. The largest absolute Gasteiger partial charge is 0.351 e. The number of hydrogen-bond acceptors (Lipinski definition) is 5. The van der Waals surface area contributed by atoms with Gasteiger partial charge in [-0.2, -0.15) is 0 Å². The average molecular weight is 310 g/mol. The first kappa shape index (κ1) is 14.6. The van der Waals surface area contributed by atoms with Crippen molar-refractivity contribution in [3.63, 3.8) is 0 Å². The van der Waals surface area contributed by atoms with Crippen LogP contribution in [0, 0.1) is 0 Å². The van der Waals surface area contributed by atoms with E-state index in [1.165, 1.54) is 6.20 Å². The molecule has 0 aliphatic rings. The van der Waals surface area contributed by atoms with Crippen molar-refractivity contribution in [1.29, 1.82) is 0 Å². The molecule has 3 heterocycles. The predicted octanol–water partition coefficient (Wildman–Crippen LogP) is 0.527. The molecule has 116 valence electrons.